The van der Waals surface area contributed by atoms with Crippen molar-refractivity contribution in [3.8, 4) is 5.75 Å². The number of hydrogen-bond donors (Lipinski definition) is 4. The molecule has 0 saturated heterocycles. The Hall–Kier alpha value is -3.39. The van der Waals surface area contributed by atoms with E-state index in [1.54, 1.807) is 36.7 Å². The first kappa shape index (κ1) is 30.8. The summed E-state index contributed by atoms with van der Waals surface area (Å²) in [4.78, 5) is 33.3. The van der Waals surface area contributed by atoms with Gasteiger partial charge in [-0.2, -0.15) is 0 Å². The summed E-state index contributed by atoms with van der Waals surface area (Å²) in [5.41, 5.74) is 6.66. The Morgan fingerprint density at radius 3 is 2.50 bits per heavy atom. The second kappa shape index (κ2) is 14.5. The number of benzene rings is 1. The van der Waals surface area contributed by atoms with Gasteiger partial charge in [-0.25, -0.2) is 9.97 Å². The Kier molecular flexibility index (Phi) is 11.8. The van der Waals surface area contributed by atoms with Crippen molar-refractivity contribution in [3.05, 3.63) is 72.1 Å². The molecule has 2 amide bonds. The largest absolute Gasteiger partial charge is 0.573 e. The standard InChI is InChI=1S/C24H24F3N5O4S.ClH/c25-24(26,27)36-17-8-6-16(7-9-17)31-22(35)18-3-2-11-30-23(18)37-14-15-10-12-29-20(13-15)32-21(34)5-1-4-19(28)33;/h2-3,6-13,19,33H,1,4-5,14,28H2,(H,31,35)(H,29,32,34);1H. The minimum atomic E-state index is -4.80. The summed E-state index contributed by atoms with van der Waals surface area (Å²) in [6.45, 7) is 0. The van der Waals surface area contributed by atoms with Crippen molar-refractivity contribution in [1.29, 1.82) is 0 Å². The lowest BCUT2D eigenvalue weighted by atomic mass is 10.2. The Morgan fingerprint density at radius 2 is 1.82 bits per heavy atom. The van der Waals surface area contributed by atoms with Gasteiger partial charge in [0.25, 0.3) is 5.91 Å². The molecule has 0 fully saturated rings. The highest BCUT2D eigenvalue weighted by Crippen LogP contribution is 2.27. The molecule has 1 atom stereocenters. The van der Waals surface area contributed by atoms with Gasteiger partial charge in [-0.05, 0) is 66.9 Å². The van der Waals surface area contributed by atoms with Crippen molar-refractivity contribution in [2.75, 3.05) is 10.6 Å². The molecule has 0 radical (unpaired) electrons. The monoisotopic (exact) mass is 571 g/mol. The first-order valence-electron chi connectivity index (χ1n) is 11.0. The molecule has 2 heterocycles. The number of ether oxygens (including phenoxy) is 1. The van der Waals surface area contributed by atoms with E-state index in [1.807, 2.05) is 0 Å². The fourth-order valence-electron chi connectivity index (χ4n) is 3.08. The van der Waals surface area contributed by atoms with E-state index in [0.29, 0.717) is 29.4 Å². The topological polar surface area (TPSA) is 139 Å². The molecule has 9 nitrogen and oxygen atoms in total. The van der Waals surface area contributed by atoms with Crippen LogP contribution in [-0.4, -0.2) is 39.5 Å². The van der Waals surface area contributed by atoms with Crippen LogP contribution < -0.4 is 21.1 Å². The molecule has 1 unspecified atom stereocenters. The average Bonchev–Trinajstić information content (AvgIpc) is 2.83. The molecule has 5 N–H and O–H groups in total. The van der Waals surface area contributed by atoms with E-state index >= 15 is 0 Å². The van der Waals surface area contributed by atoms with Crippen molar-refractivity contribution in [1.82, 2.24) is 9.97 Å². The fraction of sp³-hybridized carbons (Fsp3) is 0.250. The van der Waals surface area contributed by atoms with E-state index in [0.717, 1.165) is 17.7 Å². The second-order valence-corrected chi connectivity index (χ2v) is 8.69. The lowest BCUT2D eigenvalue weighted by molar-refractivity contribution is -0.274. The first-order valence-corrected chi connectivity index (χ1v) is 12.0. The summed E-state index contributed by atoms with van der Waals surface area (Å²) >= 11 is 1.29. The van der Waals surface area contributed by atoms with Crippen LogP contribution in [0, 0.1) is 0 Å². The molecule has 0 aliphatic carbocycles. The zero-order valence-electron chi connectivity index (χ0n) is 19.8. The van der Waals surface area contributed by atoms with Crippen molar-refractivity contribution in [3.63, 3.8) is 0 Å². The number of thioether (sulfide) groups is 1. The van der Waals surface area contributed by atoms with Gasteiger partial charge in [0.2, 0.25) is 5.91 Å². The summed E-state index contributed by atoms with van der Waals surface area (Å²) in [5.74, 6) is -0.338. The zero-order valence-corrected chi connectivity index (χ0v) is 21.4. The molecule has 0 aliphatic heterocycles. The van der Waals surface area contributed by atoms with E-state index in [9.17, 15) is 22.8 Å². The maximum atomic E-state index is 12.8. The molecule has 0 spiro atoms. The van der Waals surface area contributed by atoms with Gasteiger partial charge in [-0.1, -0.05) is 0 Å². The van der Waals surface area contributed by atoms with E-state index in [4.69, 9.17) is 10.8 Å². The molecule has 0 saturated carbocycles. The highest BCUT2D eigenvalue weighted by Gasteiger charge is 2.31. The molecule has 38 heavy (non-hydrogen) atoms. The summed E-state index contributed by atoms with van der Waals surface area (Å²) in [7, 11) is 0. The number of amides is 2. The number of pyridine rings is 2. The third kappa shape index (κ3) is 10.5. The SMILES string of the molecule is Cl.NC(O)CCCC(=O)Nc1cc(CSc2ncccc2C(=O)Nc2ccc(OC(F)(F)F)cc2)ccn1. The Morgan fingerprint density at radius 1 is 1.08 bits per heavy atom. The molecule has 2 aromatic heterocycles. The van der Waals surface area contributed by atoms with Crippen LogP contribution in [0.1, 0.15) is 35.2 Å². The number of nitrogens with one attached hydrogen (secondary N) is 2. The first-order chi connectivity index (χ1) is 17.6. The van der Waals surface area contributed by atoms with Crippen LogP contribution in [0.3, 0.4) is 0 Å². The number of nitrogens with two attached hydrogens (primary N) is 1. The van der Waals surface area contributed by atoms with Crippen LogP contribution >= 0.6 is 24.2 Å². The maximum Gasteiger partial charge on any atom is 0.573 e. The van der Waals surface area contributed by atoms with Crippen LogP contribution in [0.25, 0.3) is 0 Å². The van der Waals surface area contributed by atoms with Gasteiger partial charge in [0.1, 0.15) is 22.8 Å². The Bertz CT molecular complexity index is 1220. The maximum absolute atomic E-state index is 12.8. The fourth-order valence-corrected chi connectivity index (χ4v) is 4.01. The molecule has 0 bridgehead atoms. The van der Waals surface area contributed by atoms with Gasteiger partial charge in [0.15, 0.2) is 0 Å². The van der Waals surface area contributed by atoms with Crippen LogP contribution in [0.15, 0.2) is 66.0 Å². The molecular weight excluding hydrogens is 547 g/mol. The Balaban J connectivity index is 0.00000507. The van der Waals surface area contributed by atoms with E-state index < -0.39 is 24.2 Å². The van der Waals surface area contributed by atoms with Gasteiger partial charge >= 0.3 is 6.36 Å². The Labute approximate surface area is 226 Å². The molecule has 14 heteroatoms. The number of aliphatic hydroxyl groups is 1. The lowest BCUT2D eigenvalue weighted by Gasteiger charge is -2.11. The predicted molar refractivity (Wildman–Crippen MR) is 139 cm³/mol. The minimum absolute atomic E-state index is 0. The van der Waals surface area contributed by atoms with Gasteiger partial charge in [-0.15, -0.1) is 37.3 Å². The van der Waals surface area contributed by atoms with Crippen LogP contribution in [-0.2, 0) is 10.5 Å². The number of nitrogens with zero attached hydrogens (tertiary/aromatic N) is 2. The molecule has 204 valence electrons. The smallest absolute Gasteiger partial charge is 0.406 e. The number of carbonyl (C=O) groups is 2. The highest BCUT2D eigenvalue weighted by molar-refractivity contribution is 7.98. The normalized spacial score (nSPS) is 11.7. The number of carbonyl (C=O) groups excluding carboxylic acids is 2. The van der Waals surface area contributed by atoms with E-state index in [-0.39, 0.29) is 36.0 Å². The summed E-state index contributed by atoms with van der Waals surface area (Å²) in [5, 5.41) is 14.8. The van der Waals surface area contributed by atoms with Crippen LogP contribution in [0.5, 0.6) is 5.75 Å². The van der Waals surface area contributed by atoms with Crippen LogP contribution in [0.2, 0.25) is 0 Å². The van der Waals surface area contributed by atoms with Gasteiger partial charge in [-0.3, -0.25) is 9.59 Å². The molecular formula is C24H25ClF3N5O4S. The third-order valence-corrected chi connectivity index (χ3v) is 5.81. The summed E-state index contributed by atoms with van der Waals surface area (Å²) < 4.78 is 40.8. The molecule has 3 rings (SSSR count). The zero-order chi connectivity index (χ0) is 26.8. The van der Waals surface area contributed by atoms with Crippen molar-refractivity contribution < 1.29 is 32.6 Å². The number of hydrogen-bond acceptors (Lipinski definition) is 8. The number of aromatic nitrogens is 2. The van der Waals surface area contributed by atoms with Crippen molar-refractivity contribution >= 4 is 47.5 Å². The molecule has 3 aromatic rings. The van der Waals surface area contributed by atoms with Gasteiger partial charge < -0.3 is 26.2 Å². The number of aliphatic hydroxyl groups excluding tert-OH is 1. The lowest BCUT2D eigenvalue weighted by Crippen LogP contribution is -2.19. The molecule has 1 aromatic carbocycles. The van der Waals surface area contributed by atoms with Crippen molar-refractivity contribution in [2.24, 2.45) is 5.73 Å². The molecule has 0 aliphatic rings. The number of rotatable bonds is 11. The van der Waals surface area contributed by atoms with Crippen molar-refractivity contribution in [2.45, 2.75) is 42.6 Å². The van der Waals surface area contributed by atoms with Gasteiger partial charge in [0, 0.05) is 30.3 Å². The van der Waals surface area contributed by atoms with E-state index in [1.165, 1.54) is 23.9 Å². The average molecular weight is 572 g/mol. The number of halogens is 4. The second-order valence-electron chi connectivity index (χ2n) is 7.73. The number of alkyl halides is 3. The quantitative estimate of drug-likeness (QED) is 0.191. The minimum Gasteiger partial charge on any atom is -0.406 e. The summed E-state index contributed by atoms with van der Waals surface area (Å²) in [6.07, 6.45) is -1.72. The predicted octanol–water partition coefficient (Wildman–Crippen LogP) is 4.73. The number of anilines is 2. The third-order valence-electron chi connectivity index (χ3n) is 4.73. The van der Waals surface area contributed by atoms with E-state index in [2.05, 4.69) is 25.3 Å². The van der Waals surface area contributed by atoms with Gasteiger partial charge in [0.05, 0.1) is 5.56 Å². The highest BCUT2D eigenvalue weighted by atomic mass is 35.5. The summed E-state index contributed by atoms with van der Waals surface area (Å²) in [6, 6.07) is 11.5. The van der Waals surface area contributed by atoms with Crippen LogP contribution in [0.4, 0.5) is 24.7 Å².